The molecule has 1 saturated carbocycles. The molecule has 25 heavy (non-hydrogen) atoms. The third-order valence-electron chi connectivity index (χ3n) is 4.93. The fourth-order valence-corrected chi connectivity index (χ4v) is 3.33. The largest absolute Gasteiger partial charge is 0.481 e. The zero-order valence-corrected chi connectivity index (χ0v) is 14.3. The lowest BCUT2D eigenvalue weighted by Gasteiger charge is -2.26. The number of aliphatic carboxylic acids is 1. The van der Waals surface area contributed by atoms with E-state index in [0.29, 0.717) is 37.8 Å². The first-order valence-corrected chi connectivity index (χ1v) is 8.64. The predicted octanol–water partition coefficient (Wildman–Crippen LogP) is 2.61. The molecule has 0 bridgehead atoms. The van der Waals surface area contributed by atoms with E-state index in [-0.39, 0.29) is 17.9 Å². The summed E-state index contributed by atoms with van der Waals surface area (Å²) in [5.74, 6) is -1.14. The second kappa shape index (κ2) is 7.51. The molecule has 2 aromatic rings. The summed E-state index contributed by atoms with van der Waals surface area (Å²) in [6, 6.07) is 10.0. The number of carboxylic acids is 1. The molecule has 0 saturated heterocycles. The SMILES string of the molecule is Cc1c(C(=O)NC2CCC(C(=O)O)CC2)cnn1Cc1ccccc1. The second-order valence-electron chi connectivity index (χ2n) is 6.65. The number of benzene rings is 1. The Bertz CT molecular complexity index is 747. The number of carboxylic acid groups (broad SMARTS) is 1. The van der Waals surface area contributed by atoms with E-state index in [4.69, 9.17) is 5.11 Å². The molecule has 0 aliphatic heterocycles. The molecule has 1 heterocycles. The van der Waals surface area contributed by atoms with E-state index in [1.807, 2.05) is 41.9 Å². The molecule has 6 nitrogen and oxygen atoms in total. The molecule has 1 aromatic heterocycles. The summed E-state index contributed by atoms with van der Waals surface area (Å²) < 4.78 is 1.82. The quantitative estimate of drug-likeness (QED) is 0.875. The average molecular weight is 341 g/mol. The Kier molecular flexibility index (Phi) is 5.16. The third-order valence-corrected chi connectivity index (χ3v) is 4.93. The van der Waals surface area contributed by atoms with Gasteiger partial charge in [0.1, 0.15) is 0 Å². The van der Waals surface area contributed by atoms with Crippen LogP contribution in [-0.2, 0) is 11.3 Å². The molecule has 1 amide bonds. The van der Waals surface area contributed by atoms with E-state index in [9.17, 15) is 9.59 Å². The van der Waals surface area contributed by atoms with Gasteiger partial charge in [-0.3, -0.25) is 14.3 Å². The Morgan fingerprint density at radius 2 is 1.88 bits per heavy atom. The van der Waals surface area contributed by atoms with Gasteiger partial charge in [-0.25, -0.2) is 0 Å². The molecule has 1 aliphatic carbocycles. The van der Waals surface area contributed by atoms with Crippen molar-refractivity contribution in [2.45, 2.75) is 45.2 Å². The van der Waals surface area contributed by atoms with Crippen LogP contribution in [0.3, 0.4) is 0 Å². The van der Waals surface area contributed by atoms with Crippen molar-refractivity contribution in [3.8, 4) is 0 Å². The maximum Gasteiger partial charge on any atom is 0.306 e. The van der Waals surface area contributed by atoms with Gasteiger partial charge in [0, 0.05) is 11.7 Å². The van der Waals surface area contributed by atoms with E-state index in [1.165, 1.54) is 0 Å². The number of nitrogens with zero attached hydrogens (tertiary/aromatic N) is 2. The highest BCUT2D eigenvalue weighted by atomic mass is 16.4. The van der Waals surface area contributed by atoms with Crippen molar-refractivity contribution in [3.63, 3.8) is 0 Å². The van der Waals surface area contributed by atoms with Crippen LogP contribution in [0, 0.1) is 12.8 Å². The number of hydrogen-bond donors (Lipinski definition) is 2. The van der Waals surface area contributed by atoms with Gasteiger partial charge in [0.25, 0.3) is 5.91 Å². The maximum absolute atomic E-state index is 12.5. The molecular formula is C19H23N3O3. The van der Waals surface area contributed by atoms with Crippen molar-refractivity contribution in [2.75, 3.05) is 0 Å². The zero-order valence-electron chi connectivity index (χ0n) is 14.3. The molecule has 1 aromatic carbocycles. The van der Waals surface area contributed by atoms with Crippen LogP contribution in [0.2, 0.25) is 0 Å². The summed E-state index contributed by atoms with van der Waals surface area (Å²) in [7, 11) is 0. The van der Waals surface area contributed by atoms with Crippen LogP contribution in [0.15, 0.2) is 36.5 Å². The summed E-state index contributed by atoms with van der Waals surface area (Å²) in [6.45, 7) is 2.52. The molecule has 2 N–H and O–H groups in total. The minimum Gasteiger partial charge on any atom is -0.481 e. The molecule has 6 heteroatoms. The summed E-state index contributed by atoms with van der Waals surface area (Å²) in [5, 5.41) is 16.4. The maximum atomic E-state index is 12.5. The van der Waals surface area contributed by atoms with Gasteiger partial charge in [-0.1, -0.05) is 30.3 Å². The van der Waals surface area contributed by atoms with Gasteiger partial charge >= 0.3 is 5.97 Å². The minimum atomic E-state index is -0.734. The first-order chi connectivity index (χ1) is 12.0. The van der Waals surface area contributed by atoms with Crippen LogP contribution >= 0.6 is 0 Å². The lowest BCUT2D eigenvalue weighted by molar-refractivity contribution is -0.142. The lowest BCUT2D eigenvalue weighted by Crippen LogP contribution is -2.38. The molecule has 132 valence electrons. The fourth-order valence-electron chi connectivity index (χ4n) is 3.33. The minimum absolute atomic E-state index is 0.0416. The lowest BCUT2D eigenvalue weighted by atomic mass is 9.86. The predicted molar refractivity (Wildman–Crippen MR) is 93.4 cm³/mol. The summed E-state index contributed by atoms with van der Waals surface area (Å²) in [4.78, 5) is 23.5. The van der Waals surface area contributed by atoms with E-state index >= 15 is 0 Å². The van der Waals surface area contributed by atoms with Gasteiger partial charge in [0.15, 0.2) is 0 Å². The van der Waals surface area contributed by atoms with Crippen LogP contribution in [0.25, 0.3) is 0 Å². The van der Waals surface area contributed by atoms with Crippen molar-refractivity contribution in [1.29, 1.82) is 0 Å². The number of aromatic nitrogens is 2. The van der Waals surface area contributed by atoms with Gasteiger partial charge in [0.05, 0.1) is 24.2 Å². The molecule has 1 aliphatic rings. The van der Waals surface area contributed by atoms with Crippen molar-refractivity contribution in [3.05, 3.63) is 53.3 Å². The van der Waals surface area contributed by atoms with Crippen molar-refractivity contribution < 1.29 is 14.7 Å². The van der Waals surface area contributed by atoms with Gasteiger partial charge in [-0.15, -0.1) is 0 Å². The highest BCUT2D eigenvalue weighted by molar-refractivity contribution is 5.95. The van der Waals surface area contributed by atoms with Crippen molar-refractivity contribution >= 4 is 11.9 Å². The Morgan fingerprint density at radius 1 is 1.20 bits per heavy atom. The summed E-state index contributed by atoms with van der Waals surface area (Å²) in [5.41, 5.74) is 2.55. The van der Waals surface area contributed by atoms with E-state index in [0.717, 1.165) is 11.3 Å². The molecule has 0 radical (unpaired) electrons. The first kappa shape index (κ1) is 17.2. The topological polar surface area (TPSA) is 84.2 Å². The van der Waals surface area contributed by atoms with Crippen LogP contribution in [0.5, 0.6) is 0 Å². The molecular weight excluding hydrogens is 318 g/mol. The van der Waals surface area contributed by atoms with Crippen molar-refractivity contribution in [2.24, 2.45) is 5.92 Å². The highest BCUT2D eigenvalue weighted by Gasteiger charge is 2.27. The van der Waals surface area contributed by atoms with Crippen LogP contribution in [0.1, 0.15) is 47.3 Å². The average Bonchev–Trinajstić information content (AvgIpc) is 2.97. The number of carbonyl (C=O) groups is 2. The number of hydrogen-bond acceptors (Lipinski definition) is 3. The monoisotopic (exact) mass is 341 g/mol. The number of nitrogens with one attached hydrogen (secondary N) is 1. The summed E-state index contributed by atoms with van der Waals surface area (Å²) in [6.07, 6.45) is 4.26. The Morgan fingerprint density at radius 3 is 2.52 bits per heavy atom. The molecule has 0 unspecified atom stereocenters. The Hall–Kier alpha value is -2.63. The molecule has 0 atom stereocenters. The number of amides is 1. The smallest absolute Gasteiger partial charge is 0.306 e. The normalized spacial score (nSPS) is 20.2. The first-order valence-electron chi connectivity index (χ1n) is 8.64. The molecule has 1 fully saturated rings. The molecule has 0 spiro atoms. The standard InChI is InChI=1S/C19H23N3O3/c1-13-17(11-20-22(13)12-14-5-3-2-4-6-14)18(23)21-16-9-7-15(8-10-16)19(24)25/h2-6,11,15-16H,7-10,12H2,1H3,(H,21,23)(H,24,25). The number of carbonyl (C=O) groups excluding carboxylic acids is 1. The zero-order chi connectivity index (χ0) is 17.8. The van der Waals surface area contributed by atoms with Gasteiger partial charge in [-0.05, 0) is 38.2 Å². The Labute approximate surface area is 146 Å². The summed E-state index contributed by atoms with van der Waals surface area (Å²) >= 11 is 0. The van der Waals surface area contributed by atoms with Gasteiger partial charge in [-0.2, -0.15) is 5.10 Å². The second-order valence-corrected chi connectivity index (χ2v) is 6.65. The van der Waals surface area contributed by atoms with E-state index in [1.54, 1.807) is 6.20 Å². The Balaban J connectivity index is 1.61. The van der Waals surface area contributed by atoms with Crippen molar-refractivity contribution in [1.82, 2.24) is 15.1 Å². The van der Waals surface area contributed by atoms with E-state index < -0.39 is 5.97 Å². The fraction of sp³-hybridized carbons (Fsp3) is 0.421. The van der Waals surface area contributed by atoms with Gasteiger partial charge < -0.3 is 10.4 Å². The van der Waals surface area contributed by atoms with Crippen LogP contribution < -0.4 is 5.32 Å². The van der Waals surface area contributed by atoms with E-state index in [2.05, 4.69) is 10.4 Å². The van der Waals surface area contributed by atoms with Crippen LogP contribution in [-0.4, -0.2) is 32.8 Å². The highest BCUT2D eigenvalue weighted by Crippen LogP contribution is 2.24. The van der Waals surface area contributed by atoms with Crippen LogP contribution in [0.4, 0.5) is 0 Å². The van der Waals surface area contributed by atoms with Gasteiger partial charge in [0.2, 0.25) is 0 Å². The third kappa shape index (κ3) is 4.07. The number of rotatable bonds is 5. The molecule has 3 rings (SSSR count).